The Balaban J connectivity index is 1.29. The van der Waals surface area contributed by atoms with Gasteiger partial charge in [0, 0.05) is 16.8 Å². The van der Waals surface area contributed by atoms with Crippen LogP contribution in [0, 0.1) is 17.8 Å². The molecule has 2 aliphatic carbocycles. The fraction of sp³-hybridized carbons (Fsp3) is 0.348. The third kappa shape index (κ3) is 3.98. The van der Waals surface area contributed by atoms with E-state index >= 15 is 0 Å². The minimum Gasteiger partial charge on any atom is -0.457 e. The lowest BCUT2D eigenvalue weighted by Gasteiger charge is -2.19. The van der Waals surface area contributed by atoms with Crippen LogP contribution in [-0.4, -0.2) is 24.3 Å². The minimum absolute atomic E-state index is 0.0258. The first-order valence-corrected chi connectivity index (χ1v) is 9.76. The second-order valence-electron chi connectivity index (χ2n) is 7.71. The summed E-state index contributed by atoms with van der Waals surface area (Å²) in [6.45, 7) is -0.234. The molecule has 4 rings (SSSR count). The SMILES string of the molecule is O=C(COC(=O)C1CC2CCC1C2)c1ccc(NC(=O)c2ccccc2)cc1. The molecule has 2 saturated carbocycles. The number of esters is 1. The Labute approximate surface area is 164 Å². The van der Waals surface area contributed by atoms with E-state index in [1.165, 1.54) is 6.42 Å². The number of ketones is 1. The predicted octanol–water partition coefficient (Wildman–Crippen LogP) is 4.10. The highest BCUT2D eigenvalue weighted by atomic mass is 16.5. The number of fused-ring (bicyclic) bond motifs is 2. The molecule has 0 aliphatic heterocycles. The van der Waals surface area contributed by atoms with Gasteiger partial charge in [0.1, 0.15) is 0 Å². The first kappa shape index (κ1) is 18.4. The van der Waals surface area contributed by atoms with Crippen LogP contribution in [0.4, 0.5) is 5.69 Å². The Morgan fingerprint density at radius 3 is 2.29 bits per heavy atom. The van der Waals surface area contributed by atoms with Gasteiger partial charge in [0.15, 0.2) is 12.4 Å². The van der Waals surface area contributed by atoms with Crippen LogP contribution in [0.3, 0.4) is 0 Å². The van der Waals surface area contributed by atoms with Crippen molar-refractivity contribution in [3.63, 3.8) is 0 Å². The zero-order chi connectivity index (χ0) is 19.5. The summed E-state index contributed by atoms with van der Waals surface area (Å²) in [6.07, 6.45) is 4.37. The monoisotopic (exact) mass is 377 g/mol. The summed E-state index contributed by atoms with van der Waals surface area (Å²) in [5.41, 5.74) is 1.62. The predicted molar refractivity (Wildman–Crippen MR) is 105 cm³/mol. The van der Waals surface area contributed by atoms with E-state index in [1.54, 1.807) is 48.5 Å². The van der Waals surface area contributed by atoms with Crippen molar-refractivity contribution in [3.8, 4) is 0 Å². The number of anilines is 1. The summed E-state index contributed by atoms with van der Waals surface area (Å²) in [5.74, 6) is 0.406. The molecule has 1 N–H and O–H groups in total. The smallest absolute Gasteiger partial charge is 0.309 e. The van der Waals surface area contributed by atoms with Gasteiger partial charge in [0.2, 0.25) is 0 Å². The average Bonchev–Trinajstić information content (AvgIpc) is 3.36. The number of Topliss-reactive ketones (excluding diaryl/α,β-unsaturated/α-hetero) is 1. The van der Waals surface area contributed by atoms with Crippen molar-refractivity contribution in [2.75, 3.05) is 11.9 Å². The highest BCUT2D eigenvalue weighted by Crippen LogP contribution is 2.48. The minimum atomic E-state index is -0.238. The molecule has 0 heterocycles. The molecule has 2 aliphatic rings. The third-order valence-electron chi connectivity index (χ3n) is 5.89. The lowest BCUT2D eigenvalue weighted by Crippen LogP contribution is -2.25. The molecule has 3 unspecified atom stereocenters. The molecule has 0 radical (unpaired) electrons. The molecule has 0 saturated heterocycles. The summed E-state index contributed by atoms with van der Waals surface area (Å²) in [5, 5.41) is 2.79. The van der Waals surface area contributed by atoms with Crippen LogP contribution in [0.2, 0.25) is 0 Å². The van der Waals surface area contributed by atoms with E-state index in [4.69, 9.17) is 4.74 Å². The Hall–Kier alpha value is -2.95. The summed E-state index contributed by atoms with van der Waals surface area (Å²) >= 11 is 0. The maximum Gasteiger partial charge on any atom is 0.309 e. The highest BCUT2D eigenvalue weighted by Gasteiger charge is 2.43. The normalized spacial score (nSPS) is 22.6. The third-order valence-corrected chi connectivity index (χ3v) is 5.89. The fourth-order valence-electron chi connectivity index (χ4n) is 4.39. The fourth-order valence-corrected chi connectivity index (χ4v) is 4.39. The zero-order valence-electron chi connectivity index (χ0n) is 15.6. The average molecular weight is 377 g/mol. The summed E-state index contributed by atoms with van der Waals surface area (Å²) < 4.78 is 5.29. The molecule has 2 aromatic rings. The molecular weight excluding hydrogens is 354 g/mol. The molecule has 2 bridgehead atoms. The number of benzene rings is 2. The van der Waals surface area contributed by atoms with E-state index < -0.39 is 0 Å². The first-order valence-electron chi connectivity index (χ1n) is 9.76. The molecule has 2 aromatic carbocycles. The van der Waals surface area contributed by atoms with Crippen LogP contribution in [0.1, 0.15) is 46.4 Å². The van der Waals surface area contributed by atoms with Gasteiger partial charge in [-0.1, -0.05) is 24.6 Å². The molecule has 2 fully saturated rings. The molecule has 0 aromatic heterocycles. The number of nitrogens with one attached hydrogen (secondary N) is 1. The van der Waals surface area contributed by atoms with E-state index in [0.29, 0.717) is 28.7 Å². The van der Waals surface area contributed by atoms with Gasteiger partial charge in [-0.25, -0.2) is 0 Å². The Morgan fingerprint density at radius 2 is 1.64 bits per heavy atom. The number of hydrogen-bond acceptors (Lipinski definition) is 4. The summed E-state index contributed by atoms with van der Waals surface area (Å²) in [7, 11) is 0. The molecule has 28 heavy (non-hydrogen) atoms. The van der Waals surface area contributed by atoms with Gasteiger partial charge in [0.25, 0.3) is 5.91 Å². The van der Waals surface area contributed by atoms with Crippen molar-refractivity contribution in [2.24, 2.45) is 17.8 Å². The second kappa shape index (κ2) is 7.97. The van der Waals surface area contributed by atoms with Crippen LogP contribution in [0.5, 0.6) is 0 Å². The highest BCUT2D eigenvalue weighted by molar-refractivity contribution is 6.04. The molecule has 5 nitrogen and oxygen atoms in total. The first-order chi connectivity index (χ1) is 13.6. The maximum atomic E-state index is 12.3. The quantitative estimate of drug-likeness (QED) is 0.608. The van der Waals surface area contributed by atoms with Gasteiger partial charge in [-0.3, -0.25) is 14.4 Å². The number of amides is 1. The van der Waals surface area contributed by atoms with E-state index in [-0.39, 0.29) is 30.2 Å². The van der Waals surface area contributed by atoms with E-state index in [1.807, 2.05) is 6.07 Å². The summed E-state index contributed by atoms with van der Waals surface area (Å²) in [4.78, 5) is 36.7. The van der Waals surface area contributed by atoms with Crippen LogP contribution in [0.25, 0.3) is 0 Å². The van der Waals surface area contributed by atoms with E-state index in [0.717, 1.165) is 19.3 Å². The van der Waals surface area contributed by atoms with Crippen molar-refractivity contribution >= 4 is 23.3 Å². The number of carbonyl (C=O) groups excluding carboxylic acids is 3. The molecule has 0 spiro atoms. The Bertz CT molecular complexity index is 875. The second-order valence-corrected chi connectivity index (χ2v) is 7.71. The Morgan fingerprint density at radius 1 is 0.893 bits per heavy atom. The van der Waals surface area contributed by atoms with Gasteiger partial charge in [-0.15, -0.1) is 0 Å². The zero-order valence-corrected chi connectivity index (χ0v) is 15.6. The number of rotatable bonds is 6. The lowest BCUT2D eigenvalue weighted by atomic mass is 9.89. The van der Waals surface area contributed by atoms with Crippen molar-refractivity contribution in [3.05, 3.63) is 65.7 Å². The van der Waals surface area contributed by atoms with Crippen molar-refractivity contribution in [1.82, 2.24) is 0 Å². The van der Waals surface area contributed by atoms with Gasteiger partial charge in [-0.05, 0) is 67.5 Å². The maximum absolute atomic E-state index is 12.3. The van der Waals surface area contributed by atoms with Gasteiger partial charge < -0.3 is 10.1 Å². The van der Waals surface area contributed by atoms with E-state index in [9.17, 15) is 14.4 Å². The van der Waals surface area contributed by atoms with Gasteiger partial charge >= 0.3 is 5.97 Å². The molecule has 5 heteroatoms. The van der Waals surface area contributed by atoms with Crippen LogP contribution < -0.4 is 5.32 Å². The molecule has 1 amide bonds. The van der Waals surface area contributed by atoms with Crippen LogP contribution in [-0.2, 0) is 9.53 Å². The van der Waals surface area contributed by atoms with Gasteiger partial charge in [0.05, 0.1) is 5.92 Å². The lowest BCUT2D eigenvalue weighted by molar-refractivity contribution is -0.149. The number of carbonyl (C=O) groups is 3. The van der Waals surface area contributed by atoms with Crippen LogP contribution >= 0.6 is 0 Å². The number of ether oxygens (including phenoxy) is 1. The van der Waals surface area contributed by atoms with Crippen molar-refractivity contribution < 1.29 is 19.1 Å². The topological polar surface area (TPSA) is 72.5 Å². The van der Waals surface area contributed by atoms with Crippen LogP contribution in [0.15, 0.2) is 54.6 Å². The van der Waals surface area contributed by atoms with Gasteiger partial charge in [-0.2, -0.15) is 0 Å². The molecule has 144 valence electrons. The standard InChI is InChI=1S/C23H23NO4/c25-21(14-28-23(27)20-13-15-6-7-18(20)12-15)16-8-10-19(11-9-16)24-22(26)17-4-2-1-3-5-17/h1-5,8-11,15,18,20H,6-7,12-14H2,(H,24,26). The Kier molecular flexibility index (Phi) is 5.24. The molecular formula is C23H23NO4. The number of hydrogen-bond donors (Lipinski definition) is 1. The van der Waals surface area contributed by atoms with Crippen molar-refractivity contribution in [1.29, 1.82) is 0 Å². The molecule has 3 atom stereocenters. The van der Waals surface area contributed by atoms with E-state index in [2.05, 4.69) is 5.32 Å². The summed E-state index contributed by atoms with van der Waals surface area (Å²) in [6, 6.07) is 15.5. The largest absolute Gasteiger partial charge is 0.457 e. The van der Waals surface area contributed by atoms with Crippen molar-refractivity contribution in [2.45, 2.75) is 25.7 Å².